The smallest absolute Gasteiger partial charge is 0.289 e. The third kappa shape index (κ3) is 2.21. The molecule has 15 heavy (non-hydrogen) atoms. The van der Waals surface area contributed by atoms with Crippen LogP contribution in [-0.4, -0.2) is 48.9 Å². The van der Waals surface area contributed by atoms with Crippen LogP contribution in [-0.2, 0) is 0 Å². The van der Waals surface area contributed by atoms with Crippen molar-refractivity contribution in [3.63, 3.8) is 0 Å². The lowest BCUT2D eigenvalue weighted by atomic mass is 10.3. The highest BCUT2D eigenvalue weighted by molar-refractivity contribution is 5.91. The van der Waals surface area contributed by atoms with E-state index in [9.17, 15) is 4.79 Å². The lowest BCUT2D eigenvalue weighted by Gasteiger charge is -2.31. The van der Waals surface area contributed by atoms with E-state index in [4.69, 9.17) is 4.42 Å². The zero-order valence-corrected chi connectivity index (χ0v) is 9.19. The normalized spacial score (nSPS) is 18.1. The summed E-state index contributed by atoms with van der Waals surface area (Å²) in [6, 6.07) is 1.79. The van der Waals surface area contributed by atoms with E-state index in [1.165, 1.54) is 0 Å². The average molecular weight is 208 g/mol. The highest BCUT2D eigenvalue weighted by Crippen LogP contribution is 2.11. The van der Waals surface area contributed by atoms with Crippen LogP contribution >= 0.6 is 0 Å². The fraction of sp³-hybridized carbons (Fsp3) is 0.545. The number of rotatable bonds is 1. The minimum atomic E-state index is 0.0104. The SMILES string of the molecule is Cc1coc(C(=O)N2CCN(C)CC2)c1. The van der Waals surface area contributed by atoms with Crippen LogP contribution in [0.3, 0.4) is 0 Å². The molecule has 0 bridgehead atoms. The molecule has 2 heterocycles. The molecular formula is C11H16N2O2. The van der Waals surface area contributed by atoms with Crippen LogP contribution in [0.25, 0.3) is 0 Å². The third-order valence-electron chi connectivity index (χ3n) is 2.73. The molecule has 1 fully saturated rings. The van der Waals surface area contributed by atoms with Gasteiger partial charge in [-0.3, -0.25) is 4.79 Å². The maximum Gasteiger partial charge on any atom is 0.289 e. The van der Waals surface area contributed by atoms with Gasteiger partial charge in [0.25, 0.3) is 5.91 Å². The van der Waals surface area contributed by atoms with Gasteiger partial charge in [-0.2, -0.15) is 0 Å². The van der Waals surface area contributed by atoms with E-state index in [2.05, 4.69) is 11.9 Å². The van der Waals surface area contributed by atoms with Crippen LogP contribution < -0.4 is 0 Å². The van der Waals surface area contributed by atoms with Gasteiger partial charge in [-0.1, -0.05) is 0 Å². The lowest BCUT2D eigenvalue weighted by molar-refractivity contribution is 0.0632. The molecule has 0 aromatic carbocycles. The molecule has 2 rings (SSSR count). The van der Waals surface area contributed by atoms with Crippen LogP contribution in [0.1, 0.15) is 16.1 Å². The molecule has 0 N–H and O–H groups in total. The molecule has 4 nitrogen and oxygen atoms in total. The summed E-state index contributed by atoms with van der Waals surface area (Å²) in [7, 11) is 2.07. The number of likely N-dealkylation sites (N-methyl/N-ethyl adjacent to an activating group) is 1. The maximum atomic E-state index is 11.9. The standard InChI is InChI=1S/C11H16N2O2/c1-9-7-10(15-8-9)11(14)13-5-3-12(2)4-6-13/h7-8H,3-6H2,1-2H3. The first kappa shape index (κ1) is 10.2. The number of hydrogen-bond donors (Lipinski definition) is 0. The van der Waals surface area contributed by atoms with Gasteiger partial charge in [-0.05, 0) is 25.6 Å². The third-order valence-corrected chi connectivity index (χ3v) is 2.73. The van der Waals surface area contributed by atoms with Crippen molar-refractivity contribution in [1.82, 2.24) is 9.80 Å². The van der Waals surface area contributed by atoms with Gasteiger partial charge in [0.05, 0.1) is 6.26 Å². The van der Waals surface area contributed by atoms with Gasteiger partial charge in [0.15, 0.2) is 5.76 Å². The van der Waals surface area contributed by atoms with E-state index in [1.54, 1.807) is 12.3 Å². The van der Waals surface area contributed by atoms with Crippen LogP contribution in [0.5, 0.6) is 0 Å². The molecule has 1 aromatic rings. The zero-order chi connectivity index (χ0) is 10.8. The predicted molar refractivity (Wildman–Crippen MR) is 56.8 cm³/mol. The van der Waals surface area contributed by atoms with Gasteiger partial charge < -0.3 is 14.2 Å². The van der Waals surface area contributed by atoms with E-state index in [1.807, 2.05) is 11.8 Å². The minimum Gasteiger partial charge on any atom is -0.459 e. The number of furan rings is 1. The fourth-order valence-electron chi connectivity index (χ4n) is 1.71. The fourth-order valence-corrected chi connectivity index (χ4v) is 1.71. The van der Waals surface area contributed by atoms with Crippen molar-refractivity contribution in [2.45, 2.75) is 6.92 Å². The molecule has 0 atom stereocenters. The van der Waals surface area contributed by atoms with Gasteiger partial charge in [0.1, 0.15) is 0 Å². The minimum absolute atomic E-state index is 0.0104. The number of nitrogens with zero attached hydrogens (tertiary/aromatic N) is 2. The molecule has 1 amide bonds. The first-order chi connectivity index (χ1) is 7.16. The van der Waals surface area contributed by atoms with Gasteiger partial charge in [0, 0.05) is 26.2 Å². The van der Waals surface area contributed by atoms with Crippen molar-refractivity contribution in [3.05, 3.63) is 23.7 Å². The molecule has 1 saturated heterocycles. The summed E-state index contributed by atoms with van der Waals surface area (Å²) in [5.74, 6) is 0.466. The van der Waals surface area contributed by atoms with E-state index in [-0.39, 0.29) is 5.91 Å². The summed E-state index contributed by atoms with van der Waals surface area (Å²) in [6.07, 6.45) is 1.61. The molecular weight excluding hydrogens is 192 g/mol. The Morgan fingerprint density at radius 3 is 2.53 bits per heavy atom. The van der Waals surface area contributed by atoms with Crippen LogP contribution in [0.15, 0.2) is 16.7 Å². The Morgan fingerprint density at radius 2 is 2.00 bits per heavy atom. The molecule has 0 unspecified atom stereocenters. The van der Waals surface area contributed by atoms with Crippen LogP contribution in [0.4, 0.5) is 0 Å². The molecule has 0 spiro atoms. The molecule has 1 aliphatic rings. The van der Waals surface area contributed by atoms with E-state index < -0.39 is 0 Å². The Kier molecular flexibility index (Phi) is 2.77. The molecule has 0 aliphatic carbocycles. The largest absolute Gasteiger partial charge is 0.459 e. The average Bonchev–Trinajstić information content (AvgIpc) is 2.65. The number of carbonyl (C=O) groups is 1. The Hall–Kier alpha value is -1.29. The topological polar surface area (TPSA) is 36.7 Å². The maximum absolute atomic E-state index is 11.9. The predicted octanol–water partition coefficient (Wildman–Crippen LogP) is 0.976. The Morgan fingerprint density at radius 1 is 1.33 bits per heavy atom. The van der Waals surface area contributed by atoms with Crippen molar-refractivity contribution in [2.24, 2.45) is 0 Å². The number of piperazine rings is 1. The zero-order valence-electron chi connectivity index (χ0n) is 9.19. The summed E-state index contributed by atoms with van der Waals surface area (Å²) in [5.41, 5.74) is 0.993. The highest BCUT2D eigenvalue weighted by Gasteiger charge is 2.22. The van der Waals surface area contributed by atoms with Crippen LogP contribution in [0, 0.1) is 6.92 Å². The number of amides is 1. The number of hydrogen-bond acceptors (Lipinski definition) is 3. The quantitative estimate of drug-likeness (QED) is 0.690. The van der Waals surface area contributed by atoms with Crippen molar-refractivity contribution < 1.29 is 9.21 Å². The Balaban J connectivity index is 2.02. The second-order valence-corrected chi connectivity index (χ2v) is 4.08. The van der Waals surface area contributed by atoms with Crippen molar-refractivity contribution in [1.29, 1.82) is 0 Å². The summed E-state index contributed by atoms with van der Waals surface area (Å²) in [6.45, 7) is 5.37. The van der Waals surface area contributed by atoms with E-state index in [0.29, 0.717) is 5.76 Å². The summed E-state index contributed by atoms with van der Waals surface area (Å²) in [5, 5.41) is 0. The summed E-state index contributed by atoms with van der Waals surface area (Å²) >= 11 is 0. The number of aryl methyl sites for hydroxylation is 1. The lowest BCUT2D eigenvalue weighted by Crippen LogP contribution is -2.47. The van der Waals surface area contributed by atoms with E-state index >= 15 is 0 Å². The molecule has 82 valence electrons. The molecule has 0 radical (unpaired) electrons. The Bertz CT molecular complexity index is 351. The Labute approximate surface area is 89.5 Å². The first-order valence-electron chi connectivity index (χ1n) is 5.20. The molecule has 0 saturated carbocycles. The van der Waals surface area contributed by atoms with Gasteiger partial charge >= 0.3 is 0 Å². The molecule has 4 heteroatoms. The first-order valence-corrected chi connectivity index (χ1v) is 5.20. The monoisotopic (exact) mass is 208 g/mol. The molecule has 1 aliphatic heterocycles. The summed E-state index contributed by atoms with van der Waals surface area (Å²) < 4.78 is 5.20. The highest BCUT2D eigenvalue weighted by atomic mass is 16.3. The van der Waals surface area contributed by atoms with E-state index in [0.717, 1.165) is 31.7 Å². The number of carbonyl (C=O) groups excluding carboxylic acids is 1. The van der Waals surface area contributed by atoms with Crippen molar-refractivity contribution in [2.75, 3.05) is 33.2 Å². The second kappa shape index (κ2) is 4.06. The van der Waals surface area contributed by atoms with Crippen molar-refractivity contribution >= 4 is 5.91 Å². The van der Waals surface area contributed by atoms with Crippen molar-refractivity contribution in [3.8, 4) is 0 Å². The second-order valence-electron chi connectivity index (χ2n) is 4.08. The molecule has 1 aromatic heterocycles. The van der Waals surface area contributed by atoms with Gasteiger partial charge in [0.2, 0.25) is 0 Å². The van der Waals surface area contributed by atoms with Gasteiger partial charge in [-0.15, -0.1) is 0 Å². The van der Waals surface area contributed by atoms with Gasteiger partial charge in [-0.25, -0.2) is 0 Å². The van der Waals surface area contributed by atoms with Crippen LogP contribution in [0.2, 0.25) is 0 Å². The summed E-state index contributed by atoms with van der Waals surface area (Å²) in [4.78, 5) is 16.0.